The highest BCUT2D eigenvalue weighted by Gasteiger charge is 2.32. The van der Waals surface area contributed by atoms with Crippen LogP contribution in [-0.2, 0) is 21.4 Å². The van der Waals surface area contributed by atoms with Crippen molar-refractivity contribution in [2.75, 3.05) is 18.4 Å². The first-order valence-corrected chi connectivity index (χ1v) is 12.8. The van der Waals surface area contributed by atoms with Crippen molar-refractivity contribution >= 4 is 33.0 Å². The molecule has 1 aliphatic heterocycles. The zero-order valence-electron chi connectivity index (χ0n) is 17.7. The zero-order chi connectivity index (χ0) is 22.6. The molecule has 1 saturated heterocycles. The largest absolute Gasteiger partial charge is 0.485 e. The number of hydrogen-bond donors (Lipinski definition) is 1. The third-order valence-electron chi connectivity index (χ3n) is 5.49. The Morgan fingerprint density at radius 2 is 1.88 bits per heavy atom. The molecule has 0 atom stereocenters. The van der Waals surface area contributed by atoms with Gasteiger partial charge in [0.1, 0.15) is 12.4 Å². The molecule has 7 nitrogen and oxygen atoms in total. The zero-order valence-corrected chi connectivity index (χ0v) is 19.4. The van der Waals surface area contributed by atoms with E-state index in [1.54, 1.807) is 41.9 Å². The number of sulfonamides is 1. The molecule has 0 radical (unpaired) electrons. The second-order valence-corrected chi connectivity index (χ2v) is 10.4. The van der Waals surface area contributed by atoms with Gasteiger partial charge in [0.05, 0.1) is 21.8 Å². The van der Waals surface area contributed by atoms with Gasteiger partial charge in [-0.2, -0.15) is 4.31 Å². The van der Waals surface area contributed by atoms with Crippen LogP contribution < -0.4 is 10.1 Å². The second-order valence-electron chi connectivity index (χ2n) is 7.75. The van der Waals surface area contributed by atoms with E-state index in [9.17, 15) is 13.2 Å². The Balaban J connectivity index is 1.35. The normalized spacial score (nSPS) is 15.4. The number of para-hydroxylation sites is 2. The molecule has 1 N–H and O–H groups in total. The van der Waals surface area contributed by atoms with Gasteiger partial charge in [-0.05, 0) is 44.0 Å². The number of carbonyl (C=O) groups is 1. The lowest BCUT2D eigenvalue weighted by atomic mass is 9.97. The third kappa shape index (κ3) is 5.17. The van der Waals surface area contributed by atoms with Gasteiger partial charge < -0.3 is 10.1 Å². The number of anilines is 1. The maximum Gasteiger partial charge on any atom is 0.243 e. The molecular formula is C23H25N3O4S2. The highest BCUT2D eigenvalue weighted by Crippen LogP contribution is 2.28. The van der Waals surface area contributed by atoms with Gasteiger partial charge in [-0.3, -0.25) is 4.79 Å². The lowest BCUT2D eigenvalue weighted by Gasteiger charge is -2.30. The number of carbonyl (C=O) groups excluding carboxylic acids is 1. The minimum atomic E-state index is -3.55. The summed E-state index contributed by atoms with van der Waals surface area (Å²) in [6.07, 6.45) is 0.942. The molecule has 3 aromatic rings. The number of nitrogens with one attached hydrogen (secondary N) is 1. The smallest absolute Gasteiger partial charge is 0.243 e. The Kier molecular flexibility index (Phi) is 6.88. The van der Waals surface area contributed by atoms with Gasteiger partial charge >= 0.3 is 0 Å². The van der Waals surface area contributed by atoms with E-state index >= 15 is 0 Å². The van der Waals surface area contributed by atoms with E-state index in [1.165, 1.54) is 15.6 Å². The van der Waals surface area contributed by atoms with Crippen molar-refractivity contribution in [1.29, 1.82) is 0 Å². The number of nitrogens with zero attached hydrogens (tertiary/aromatic N) is 2. The molecule has 2 heterocycles. The van der Waals surface area contributed by atoms with Crippen LogP contribution in [0.1, 0.15) is 24.1 Å². The van der Waals surface area contributed by atoms with Crippen LogP contribution in [0.5, 0.6) is 5.75 Å². The Bertz CT molecular complexity index is 1150. The molecule has 1 fully saturated rings. The molecule has 1 aromatic heterocycles. The Morgan fingerprint density at radius 3 is 2.56 bits per heavy atom. The summed E-state index contributed by atoms with van der Waals surface area (Å²) in [6, 6.07) is 14.1. The molecule has 0 bridgehead atoms. The van der Waals surface area contributed by atoms with Crippen molar-refractivity contribution in [2.24, 2.45) is 5.92 Å². The first-order chi connectivity index (χ1) is 15.4. The van der Waals surface area contributed by atoms with Gasteiger partial charge in [-0.15, -0.1) is 11.3 Å². The van der Waals surface area contributed by atoms with E-state index in [2.05, 4.69) is 10.3 Å². The average Bonchev–Trinajstić information content (AvgIpc) is 3.32. The predicted molar refractivity (Wildman–Crippen MR) is 124 cm³/mol. The lowest BCUT2D eigenvalue weighted by Crippen LogP contribution is -2.41. The highest BCUT2D eigenvalue weighted by molar-refractivity contribution is 7.89. The number of ether oxygens (including phenoxy) is 1. The van der Waals surface area contributed by atoms with E-state index in [4.69, 9.17) is 4.74 Å². The molecule has 1 aliphatic rings. The van der Waals surface area contributed by atoms with Crippen molar-refractivity contribution in [3.05, 3.63) is 70.7 Å². The molecule has 0 spiro atoms. The number of thiazole rings is 1. The van der Waals surface area contributed by atoms with Crippen molar-refractivity contribution in [3.8, 4) is 5.75 Å². The molecule has 0 aliphatic carbocycles. The third-order valence-corrected chi connectivity index (χ3v) is 8.04. The summed E-state index contributed by atoms with van der Waals surface area (Å²) in [4.78, 5) is 17.4. The monoisotopic (exact) mass is 471 g/mol. The van der Waals surface area contributed by atoms with Crippen LogP contribution in [0.25, 0.3) is 0 Å². The molecule has 0 unspecified atom stereocenters. The van der Waals surface area contributed by atoms with Crippen LogP contribution in [0.2, 0.25) is 0 Å². The molecule has 0 saturated carbocycles. The number of amides is 1. The second kappa shape index (κ2) is 9.81. The summed E-state index contributed by atoms with van der Waals surface area (Å²) in [5, 5.41) is 4.87. The highest BCUT2D eigenvalue weighted by atomic mass is 32.2. The van der Waals surface area contributed by atoms with Crippen LogP contribution in [-0.4, -0.2) is 36.7 Å². The SMILES string of the molecule is Cc1ccc(S(=O)(=O)N2CCC(C(=O)Nc3ccccc3OCc3cscn3)CC2)cc1. The van der Waals surface area contributed by atoms with Gasteiger partial charge in [0.15, 0.2) is 0 Å². The number of piperidine rings is 1. The van der Waals surface area contributed by atoms with Crippen molar-refractivity contribution < 1.29 is 17.9 Å². The maximum atomic E-state index is 12.9. The Hall–Kier alpha value is -2.75. The summed E-state index contributed by atoms with van der Waals surface area (Å²) in [5.74, 6) is 0.196. The number of hydrogen-bond acceptors (Lipinski definition) is 6. The lowest BCUT2D eigenvalue weighted by molar-refractivity contribution is -0.120. The van der Waals surface area contributed by atoms with Crippen LogP contribution >= 0.6 is 11.3 Å². The fourth-order valence-corrected chi connectivity index (χ4v) is 5.62. The van der Waals surface area contributed by atoms with E-state index < -0.39 is 10.0 Å². The van der Waals surface area contributed by atoms with Crippen LogP contribution in [0.4, 0.5) is 5.69 Å². The molecule has 1 amide bonds. The number of aryl methyl sites for hydroxylation is 1. The first-order valence-electron chi connectivity index (χ1n) is 10.4. The van der Waals surface area contributed by atoms with Crippen molar-refractivity contribution in [2.45, 2.75) is 31.3 Å². The van der Waals surface area contributed by atoms with Gasteiger partial charge in [0, 0.05) is 24.4 Å². The minimum Gasteiger partial charge on any atom is -0.485 e. The molecule has 32 heavy (non-hydrogen) atoms. The topological polar surface area (TPSA) is 88.6 Å². The fourth-order valence-electron chi connectivity index (χ4n) is 3.61. The maximum absolute atomic E-state index is 12.9. The van der Waals surface area contributed by atoms with Crippen LogP contribution in [0, 0.1) is 12.8 Å². The van der Waals surface area contributed by atoms with E-state index in [0.29, 0.717) is 44.0 Å². The Labute approximate surface area is 192 Å². The molecular weight excluding hydrogens is 446 g/mol. The summed E-state index contributed by atoms with van der Waals surface area (Å²) < 4.78 is 33.1. The minimum absolute atomic E-state index is 0.123. The fraction of sp³-hybridized carbons (Fsp3) is 0.304. The predicted octanol–water partition coefficient (Wildman–Crippen LogP) is 4.07. The van der Waals surface area contributed by atoms with Gasteiger partial charge in [0.2, 0.25) is 15.9 Å². The Morgan fingerprint density at radius 1 is 1.16 bits per heavy atom. The summed E-state index contributed by atoms with van der Waals surface area (Å²) in [7, 11) is -3.55. The summed E-state index contributed by atoms with van der Waals surface area (Å²) in [5.41, 5.74) is 4.19. The van der Waals surface area contributed by atoms with E-state index in [1.807, 2.05) is 24.4 Å². The van der Waals surface area contributed by atoms with Gasteiger partial charge in [0.25, 0.3) is 0 Å². The van der Waals surface area contributed by atoms with Crippen LogP contribution in [0.15, 0.2) is 64.3 Å². The molecule has 168 valence electrons. The van der Waals surface area contributed by atoms with Crippen molar-refractivity contribution in [1.82, 2.24) is 9.29 Å². The standard InChI is InChI=1S/C23H25N3O4S2/c1-17-6-8-20(9-7-17)32(28,29)26-12-10-18(11-13-26)23(27)25-21-4-2-3-5-22(21)30-14-19-15-31-16-24-19/h2-9,15-16,18H,10-14H2,1H3,(H,25,27). The van der Waals surface area contributed by atoms with Crippen LogP contribution in [0.3, 0.4) is 0 Å². The average molecular weight is 472 g/mol. The van der Waals surface area contributed by atoms with Gasteiger partial charge in [-0.1, -0.05) is 29.8 Å². The molecule has 4 rings (SSSR count). The summed E-state index contributed by atoms with van der Waals surface area (Å²) >= 11 is 1.50. The molecule has 9 heteroatoms. The quantitative estimate of drug-likeness (QED) is 0.561. The van der Waals surface area contributed by atoms with Crippen molar-refractivity contribution in [3.63, 3.8) is 0 Å². The van der Waals surface area contributed by atoms with E-state index in [-0.39, 0.29) is 16.7 Å². The number of rotatable bonds is 7. The van der Waals surface area contributed by atoms with Gasteiger partial charge in [-0.25, -0.2) is 13.4 Å². The summed E-state index contributed by atoms with van der Waals surface area (Å²) in [6.45, 7) is 2.88. The molecule has 2 aromatic carbocycles. The first kappa shape index (κ1) is 22.4. The van der Waals surface area contributed by atoms with E-state index in [0.717, 1.165) is 11.3 Å². The number of aromatic nitrogens is 1. The number of benzene rings is 2.